The fourth-order valence-electron chi connectivity index (χ4n) is 2.26. The van der Waals surface area contributed by atoms with Crippen LogP contribution in [0.3, 0.4) is 0 Å². The maximum Gasteiger partial charge on any atom is 0.00223 e. The monoisotopic (exact) mass is 226 g/mol. The molecule has 1 heterocycles. The van der Waals surface area contributed by atoms with Crippen LogP contribution >= 0.6 is 0 Å². The van der Waals surface area contributed by atoms with Gasteiger partial charge in [-0.05, 0) is 56.8 Å². The van der Waals surface area contributed by atoms with E-state index in [1.807, 2.05) is 0 Å². The first kappa shape index (κ1) is 14.0. The minimum absolute atomic E-state index is 0.485. The molecule has 0 saturated carbocycles. The van der Waals surface area contributed by atoms with Crippen molar-refractivity contribution in [2.45, 2.75) is 47.0 Å². The highest BCUT2D eigenvalue weighted by Crippen LogP contribution is 2.22. The van der Waals surface area contributed by atoms with Crippen LogP contribution in [0, 0.1) is 11.3 Å². The molecule has 1 unspecified atom stereocenters. The van der Waals surface area contributed by atoms with Gasteiger partial charge in [0, 0.05) is 6.54 Å². The Kier molecular flexibility index (Phi) is 5.77. The summed E-state index contributed by atoms with van der Waals surface area (Å²) >= 11 is 0. The van der Waals surface area contributed by atoms with Crippen LogP contribution < -0.4 is 5.32 Å². The Morgan fingerprint density at radius 2 is 2.06 bits per heavy atom. The molecule has 0 bridgehead atoms. The van der Waals surface area contributed by atoms with Gasteiger partial charge in [-0.3, -0.25) is 0 Å². The van der Waals surface area contributed by atoms with Crippen molar-refractivity contribution in [3.8, 4) is 0 Å². The Labute approximate surface area is 102 Å². The fourth-order valence-corrected chi connectivity index (χ4v) is 2.26. The maximum absolute atomic E-state index is 3.54. The molecule has 0 aromatic carbocycles. The van der Waals surface area contributed by atoms with E-state index in [2.05, 4.69) is 37.9 Å². The van der Waals surface area contributed by atoms with Gasteiger partial charge in [-0.25, -0.2) is 0 Å². The summed E-state index contributed by atoms with van der Waals surface area (Å²) in [5.41, 5.74) is 0.485. The van der Waals surface area contributed by atoms with Crippen LogP contribution in [0.1, 0.15) is 47.0 Å². The SMILES string of the molecule is CCCNCC1CCN(CCC(C)(C)C)C1. The van der Waals surface area contributed by atoms with E-state index in [0.29, 0.717) is 5.41 Å². The molecule has 0 spiro atoms. The zero-order chi connectivity index (χ0) is 12.0. The van der Waals surface area contributed by atoms with Crippen LogP contribution in [-0.4, -0.2) is 37.6 Å². The third kappa shape index (κ3) is 5.86. The molecule has 0 aromatic heterocycles. The van der Waals surface area contributed by atoms with E-state index in [1.165, 1.54) is 52.0 Å². The second-order valence-electron chi connectivity index (χ2n) is 6.47. The van der Waals surface area contributed by atoms with Crippen LogP contribution in [0.15, 0.2) is 0 Å². The van der Waals surface area contributed by atoms with Crippen molar-refractivity contribution in [1.29, 1.82) is 0 Å². The molecule has 1 atom stereocenters. The normalized spacial score (nSPS) is 22.9. The summed E-state index contributed by atoms with van der Waals surface area (Å²) < 4.78 is 0. The Morgan fingerprint density at radius 1 is 1.31 bits per heavy atom. The fraction of sp³-hybridized carbons (Fsp3) is 1.00. The number of likely N-dealkylation sites (tertiary alicyclic amines) is 1. The van der Waals surface area contributed by atoms with Crippen LogP contribution in [0.4, 0.5) is 0 Å². The first-order chi connectivity index (χ1) is 7.51. The van der Waals surface area contributed by atoms with Gasteiger partial charge in [0.15, 0.2) is 0 Å². The van der Waals surface area contributed by atoms with Crippen molar-refractivity contribution in [1.82, 2.24) is 10.2 Å². The molecular weight excluding hydrogens is 196 g/mol. The summed E-state index contributed by atoms with van der Waals surface area (Å²) in [6.45, 7) is 15.6. The Bertz CT molecular complexity index is 184. The molecule has 0 aliphatic carbocycles. The molecule has 96 valence electrons. The molecule has 2 nitrogen and oxygen atoms in total. The number of hydrogen-bond donors (Lipinski definition) is 1. The molecule has 2 heteroatoms. The lowest BCUT2D eigenvalue weighted by atomic mass is 9.92. The summed E-state index contributed by atoms with van der Waals surface area (Å²) in [5.74, 6) is 0.895. The van der Waals surface area contributed by atoms with Crippen molar-refractivity contribution in [3.63, 3.8) is 0 Å². The minimum Gasteiger partial charge on any atom is -0.316 e. The molecule has 1 saturated heterocycles. The van der Waals surface area contributed by atoms with Gasteiger partial charge in [0.05, 0.1) is 0 Å². The molecule has 1 N–H and O–H groups in total. The topological polar surface area (TPSA) is 15.3 Å². The Morgan fingerprint density at radius 3 is 2.69 bits per heavy atom. The second kappa shape index (κ2) is 6.61. The number of nitrogens with zero attached hydrogens (tertiary/aromatic N) is 1. The molecule has 0 aromatic rings. The van der Waals surface area contributed by atoms with Gasteiger partial charge in [0.1, 0.15) is 0 Å². The molecule has 0 amide bonds. The van der Waals surface area contributed by atoms with E-state index in [-0.39, 0.29) is 0 Å². The minimum atomic E-state index is 0.485. The smallest absolute Gasteiger partial charge is 0.00223 e. The van der Waals surface area contributed by atoms with E-state index in [9.17, 15) is 0 Å². The summed E-state index contributed by atoms with van der Waals surface area (Å²) in [6.07, 6.45) is 3.96. The second-order valence-corrected chi connectivity index (χ2v) is 6.47. The largest absolute Gasteiger partial charge is 0.316 e. The number of nitrogens with one attached hydrogen (secondary N) is 1. The predicted octanol–water partition coefficient (Wildman–Crippen LogP) is 2.74. The van der Waals surface area contributed by atoms with E-state index < -0.39 is 0 Å². The zero-order valence-corrected chi connectivity index (χ0v) is 11.7. The van der Waals surface area contributed by atoms with E-state index in [1.54, 1.807) is 0 Å². The van der Waals surface area contributed by atoms with Gasteiger partial charge in [-0.15, -0.1) is 0 Å². The van der Waals surface area contributed by atoms with E-state index in [4.69, 9.17) is 0 Å². The summed E-state index contributed by atoms with van der Waals surface area (Å²) in [6, 6.07) is 0. The van der Waals surface area contributed by atoms with E-state index >= 15 is 0 Å². The van der Waals surface area contributed by atoms with Gasteiger partial charge >= 0.3 is 0 Å². The average molecular weight is 226 g/mol. The number of rotatable bonds is 6. The van der Waals surface area contributed by atoms with Crippen molar-refractivity contribution >= 4 is 0 Å². The molecule has 1 fully saturated rings. The highest BCUT2D eigenvalue weighted by atomic mass is 15.1. The Hall–Kier alpha value is -0.0800. The predicted molar refractivity (Wildman–Crippen MR) is 71.8 cm³/mol. The maximum atomic E-state index is 3.54. The van der Waals surface area contributed by atoms with Gasteiger partial charge in [-0.2, -0.15) is 0 Å². The summed E-state index contributed by atoms with van der Waals surface area (Å²) in [4.78, 5) is 2.64. The molecular formula is C14H30N2. The molecule has 0 radical (unpaired) electrons. The first-order valence-electron chi connectivity index (χ1n) is 6.94. The van der Waals surface area contributed by atoms with Crippen molar-refractivity contribution < 1.29 is 0 Å². The molecule has 1 rings (SSSR count). The first-order valence-corrected chi connectivity index (χ1v) is 6.94. The van der Waals surface area contributed by atoms with Gasteiger partial charge < -0.3 is 10.2 Å². The lowest BCUT2D eigenvalue weighted by molar-refractivity contribution is 0.258. The van der Waals surface area contributed by atoms with Crippen LogP contribution in [0.5, 0.6) is 0 Å². The average Bonchev–Trinajstić information content (AvgIpc) is 2.62. The van der Waals surface area contributed by atoms with Crippen molar-refractivity contribution in [2.24, 2.45) is 11.3 Å². The van der Waals surface area contributed by atoms with E-state index in [0.717, 1.165) is 5.92 Å². The molecule has 1 aliphatic heterocycles. The third-order valence-electron chi connectivity index (χ3n) is 3.41. The third-order valence-corrected chi connectivity index (χ3v) is 3.41. The Balaban J connectivity index is 2.10. The highest BCUT2D eigenvalue weighted by Gasteiger charge is 2.23. The quantitative estimate of drug-likeness (QED) is 0.701. The lowest BCUT2D eigenvalue weighted by Crippen LogP contribution is -2.28. The molecule has 1 aliphatic rings. The number of hydrogen-bond acceptors (Lipinski definition) is 2. The van der Waals surface area contributed by atoms with Gasteiger partial charge in [0.25, 0.3) is 0 Å². The van der Waals surface area contributed by atoms with Crippen molar-refractivity contribution in [2.75, 3.05) is 32.7 Å². The standard InChI is InChI=1S/C14H30N2/c1-5-8-15-11-13-6-9-16(12-13)10-7-14(2,3)4/h13,15H,5-12H2,1-4H3. The van der Waals surface area contributed by atoms with Crippen LogP contribution in [0.25, 0.3) is 0 Å². The summed E-state index contributed by atoms with van der Waals surface area (Å²) in [5, 5.41) is 3.54. The van der Waals surface area contributed by atoms with Gasteiger partial charge in [-0.1, -0.05) is 27.7 Å². The lowest BCUT2D eigenvalue weighted by Gasteiger charge is -2.23. The van der Waals surface area contributed by atoms with Gasteiger partial charge in [0.2, 0.25) is 0 Å². The summed E-state index contributed by atoms with van der Waals surface area (Å²) in [7, 11) is 0. The highest BCUT2D eigenvalue weighted by molar-refractivity contribution is 4.78. The zero-order valence-electron chi connectivity index (χ0n) is 11.7. The molecule has 16 heavy (non-hydrogen) atoms. The van der Waals surface area contributed by atoms with Crippen molar-refractivity contribution in [3.05, 3.63) is 0 Å². The van der Waals surface area contributed by atoms with Crippen LogP contribution in [-0.2, 0) is 0 Å². The van der Waals surface area contributed by atoms with Crippen LogP contribution in [0.2, 0.25) is 0 Å².